The van der Waals surface area contributed by atoms with E-state index in [1.807, 2.05) is 0 Å². The summed E-state index contributed by atoms with van der Waals surface area (Å²) in [6.45, 7) is 14.2. The van der Waals surface area contributed by atoms with Gasteiger partial charge in [0.25, 0.3) is 0 Å². The first-order chi connectivity index (χ1) is 6.60. The number of hydrogen-bond donors (Lipinski definition) is 0. The molecule has 0 heterocycles. The summed E-state index contributed by atoms with van der Waals surface area (Å²) in [5.74, 6) is 2.00. The van der Waals surface area contributed by atoms with Gasteiger partial charge in [-0.15, -0.1) is 0 Å². The molecule has 0 spiro atoms. The van der Waals surface area contributed by atoms with Gasteiger partial charge in [0.15, 0.2) is 0 Å². The van der Waals surface area contributed by atoms with Crippen LogP contribution < -0.4 is 0 Å². The molecule has 0 rings (SSSR count). The lowest BCUT2D eigenvalue weighted by molar-refractivity contribution is 0.692. The molecule has 5 heteroatoms. The van der Waals surface area contributed by atoms with Crippen LogP contribution in [0.1, 0.15) is 0 Å². The largest absolute Gasteiger partial charge is 0.248 e. The van der Waals surface area contributed by atoms with E-state index in [4.69, 9.17) is 0 Å². The first-order valence-corrected chi connectivity index (χ1v) is 15.9. The van der Waals surface area contributed by atoms with E-state index in [9.17, 15) is 4.21 Å². The summed E-state index contributed by atoms with van der Waals surface area (Å²) in [5, 5.41) is 0. The maximum atomic E-state index is 11.7. The molecule has 0 aromatic heterocycles. The van der Waals surface area contributed by atoms with Crippen LogP contribution in [-0.4, -0.2) is 31.9 Å². The minimum absolute atomic E-state index is 0.628. The Hall–Kier alpha value is 0.934. The zero-order valence-electron chi connectivity index (χ0n) is 11.1. The van der Waals surface area contributed by atoms with E-state index in [-0.39, 0.29) is 0 Å². The third-order valence-corrected chi connectivity index (χ3v) is 9.27. The smallest absolute Gasteiger partial charge is 0.0800 e. The van der Waals surface area contributed by atoms with Crippen molar-refractivity contribution in [1.82, 2.24) is 0 Å². The van der Waals surface area contributed by atoms with E-state index in [1.54, 1.807) is 10.8 Å². The SMILES string of the molecule is C[Si](C)(C)CCSS(=O)CC[Si](C)(C)C. The van der Waals surface area contributed by atoms with Gasteiger partial charge in [0.05, 0.1) is 9.83 Å². The normalized spacial score (nSPS) is 15.3. The molecule has 0 aromatic carbocycles. The zero-order valence-corrected chi connectivity index (χ0v) is 14.7. The van der Waals surface area contributed by atoms with Gasteiger partial charge in [0.2, 0.25) is 0 Å². The Kier molecular flexibility index (Phi) is 7.03. The molecular weight excluding hydrogens is 256 g/mol. The monoisotopic (exact) mass is 282 g/mol. The van der Waals surface area contributed by atoms with Crippen molar-refractivity contribution >= 4 is 36.8 Å². The van der Waals surface area contributed by atoms with Crippen LogP contribution in [-0.2, 0) is 9.83 Å². The minimum Gasteiger partial charge on any atom is -0.248 e. The lowest BCUT2D eigenvalue weighted by atomic mass is 11.0. The number of hydrogen-bond acceptors (Lipinski definition) is 2. The predicted octanol–water partition coefficient (Wildman–Crippen LogP) is 4.06. The van der Waals surface area contributed by atoms with E-state index >= 15 is 0 Å². The zero-order chi connectivity index (χ0) is 12.1. The van der Waals surface area contributed by atoms with Crippen molar-refractivity contribution in [2.75, 3.05) is 11.5 Å². The molecule has 0 saturated heterocycles. The van der Waals surface area contributed by atoms with E-state index < -0.39 is 26.0 Å². The van der Waals surface area contributed by atoms with Gasteiger partial charge in [-0.3, -0.25) is 0 Å². The third-order valence-electron chi connectivity index (χ3n) is 2.09. The molecule has 0 fully saturated rings. The Balaban J connectivity index is 3.60. The average molecular weight is 283 g/mol. The van der Waals surface area contributed by atoms with Crippen molar-refractivity contribution in [3.8, 4) is 0 Å². The Morgan fingerprint density at radius 2 is 1.40 bits per heavy atom. The molecule has 0 aliphatic heterocycles. The van der Waals surface area contributed by atoms with E-state index in [2.05, 4.69) is 39.3 Å². The Morgan fingerprint density at radius 1 is 0.933 bits per heavy atom. The molecule has 0 N–H and O–H groups in total. The van der Waals surface area contributed by atoms with Crippen LogP contribution in [0.4, 0.5) is 0 Å². The molecule has 1 nitrogen and oxygen atoms in total. The van der Waals surface area contributed by atoms with Crippen LogP contribution >= 0.6 is 10.8 Å². The molecule has 0 saturated carbocycles. The van der Waals surface area contributed by atoms with Gasteiger partial charge in [0, 0.05) is 27.7 Å². The van der Waals surface area contributed by atoms with Gasteiger partial charge in [-0.25, -0.2) is 4.21 Å². The second-order valence-electron chi connectivity index (χ2n) is 6.45. The average Bonchev–Trinajstić information content (AvgIpc) is 1.97. The second kappa shape index (κ2) is 6.62. The van der Waals surface area contributed by atoms with Gasteiger partial charge >= 0.3 is 0 Å². The minimum atomic E-state index is -0.994. The van der Waals surface area contributed by atoms with Crippen molar-refractivity contribution in [2.24, 2.45) is 0 Å². The molecule has 0 radical (unpaired) electrons. The summed E-state index contributed by atoms with van der Waals surface area (Å²) in [7, 11) is -0.878. The quantitative estimate of drug-likeness (QED) is 0.517. The standard InChI is InChI=1S/C10H26OS2Si2/c1-14(2,3)9-7-12-13(11)8-10-15(4,5)6/h7-10H2,1-6H3. The summed E-state index contributed by atoms with van der Waals surface area (Å²) < 4.78 is 11.7. The van der Waals surface area contributed by atoms with Crippen molar-refractivity contribution in [1.29, 1.82) is 0 Å². The fourth-order valence-electron chi connectivity index (χ4n) is 0.889. The summed E-state index contributed by atoms with van der Waals surface area (Å²) in [6.07, 6.45) is 0. The molecule has 1 atom stereocenters. The van der Waals surface area contributed by atoms with Crippen LogP contribution in [0.2, 0.25) is 51.4 Å². The Bertz CT molecular complexity index is 206. The molecule has 92 valence electrons. The summed E-state index contributed by atoms with van der Waals surface area (Å²) >= 11 is 0. The summed E-state index contributed by atoms with van der Waals surface area (Å²) in [4.78, 5) is 0. The lowest BCUT2D eigenvalue weighted by Gasteiger charge is -2.16. The highest BCUT2D eigenvalue weighted by atomic mass is 33.1. The van der Waals surface area contributed by atoms with Gasteiger partial charge < -0.3 is 0 Å². The molecule has 0 aliphatic rings. The maximum absolute atomic E-state index is 11.7. The molecule has 0 aliphatic carbocycles. The first-order valence-electron chi connectivity index (χ1n) is 5.62. The van der Waals surface area contributed by atoms with Gasteiger partial charge in [-0.1, -0.05) is 50.1 Å². The highest BCUT2D eigenvalue weighted by Crippen LogP contribution is 2.19. The van der Waals surface area contributed by atoms with Crippen molar-refractivity contribution in [2.45, 2.75) is 51.4 Å². The van der Waals surface area contributed by atoms with Crippen molar-refractivity contribution in [3.05, 3.63) is 0 Å². The van der Waals surface area contributed by atoms with E-state index in [0.29, 0.717) is 0 Å². The summed E-state index contributed by atoms with van der Waals surface area (Å²) in [5.41, 5.74) is 0. The van der Waals surface area contributed by atoms with Gasteiger partial charge in [-0.05, 0) is 12.1 Å². The van der Waals surface area contributed by atoms with Crippen molar-refractivity contribution < 1.29 is 4.21 Å². The predicted molar refractivity (Wildman–Crippen MR) is 81.8 cm³/mol. The van der Waals surface area contributed by atoms with E-state index in [1.165, 1.54) is 12.1 Å². The van der Waals surface area contributed by atoms with Crippen LogP contribution in [0.15, 0.2) is 0 Å². The first kappa shape index (κ1) is 15.9. The Labute approximate surface area is 104 Å². The Morgan fingerprint density at radius 3 is 1.80 bits per heavy atom. The fourth-order valence-corrected chi connectivity index (χ4v) is 9.50. The maximum Gasteiger partial charge on any atom is 0.0800 e. The second-order valence-corrected chi connectivity index (χ2v) is 21.2. The molecule has 15 heavy (non-hydrogen) atoms. The number of rotatable bonds is 7. The van der Waals surface area contributed by atoms with Crippen LogP contribution in [0.25, 0.3) is 0 Å². The van der Waals surface area contributed by atoms with Gasteiger partial charge in [0.1, 0.15) is 0 Å². The summed E-state index contributed by atoms with van der Waals surface area (Å²) in [6, 6.07) is 2.48. The molecule has 0 aromatic rings. The van der Waals surface area contributed by atoms with Crippen LogP contribution in [0, 0.1) is 0 Å². The molecule has 0 bridgehead atoms. The topological polar surface area (TPSA) is 17.1 Å². The fraction of sp³-hybridized carbons (Fsp3) is 1.00. The van der Waals surface area contributed by atoms with E-state index in [0.717, 1.165) is 11.5 Å². The molecular formula is C10H26OS2Si2. The molecule has 1 unspecified atom stereocenters. The van der Waals surface area contributed by atoms with Crippen LogP contribution in [0.5, 0.6) is 0 Å². The lowest BCUT2D eigenvalue weighted by Crippen LogP contribution is -2.22. The highest BCUT2D eigenvalue weighted by Gasteiger charge is 2.16. The van der Waals surface area contributed by atoms with Crippen molar-refractivity contribution in [3.63, 3.8) is 0 Å². The highest BCUT2D eigenvalue weighted by molar-refractivity contribution is 8.69. The van der Waals surface area contributed by atoms with Gasteiger partial charge in [-0.2, -0.15) is 0 Å². The van der Waals surface area contributed by atoms with Crippen LogP contribution in [0.3, 0.4) is 0 Å². The third kappa shape index (κ3) is 12.9. The molecule has 0 amide bonds.